The molecule has 0 amide bonds. The molecule has 4 unspecified atom stereocenters. The van der Waals surface area contributed by atoms with E-state index in [0.29, 0.717) is 11.8 Å². The molecule has 4 atom stereocenters. The Morgan fingerprint density at radius 1 is 0.574 bits per heavy atom. The molecule has 2 saturated carbocycles. The van der Waals surface area contributed by atoms with Gasteiger partial charge < -0.3 is 20.4 Å². The molecule has 7 heteroatoms. The molecule has 0 aliphatic heterocycles. The van der Waals surface area contributed by atoms with Crippen molar-refractivity contribution in [3.05, 3.63) is 95.6 Å². The molecule has 47 heavy (non-hydrogen) atoms. The fourth-order valence-corrected chi connectivity index (χ4v) is 9.78. The summed E-state index contributed by atoms with van der Waals surface area (Å²) in [6.07, 6.45) is 8.83. The Balaban J connectivity index is 0.000000135. The predicted molar refractivity (Wildman–Crippen MR) is 183 cm³/mol. The molecule has 2 fully saturated rings. The van der Waals surface area contributed by atoms with Crippen LogP contribution in [0.3, 0.4) is 0 Å². The van der Waals surface area contributed by atoms with Crippen LogP contribution >= 0.6 is 0 Å². The largest absolute Gasteiger partial charge is 2.00 e. The first kappa shape index (κ1) is 30.7. The van der Waals surface area contributed by atoms with Gasteiger partial charge in [0.2, 0.25) is 0 Å². The molecule has 0 radical (unpaired) electrons. The molecule has 4 aliphatic rings. The Hall–Kier alpha value is -3.63. The smallest absolute Gasteiger partial charge is 0.573 e. The average molecular weight is 800 g/mol. The van der Waals surface area contributed by atoms with Crippen LogP contribution in [0.1, 0.15) is 102 Å². The summed E-state index contributed by atoms with van der Waals surface area (Å²) in [6.45, 7) is 14.3. The summed E-state index contributed by atoms with van der Waals surface area (Å²) in [5.74, 6) is 1.11. The van der Waals surface area contributed by atoms with Crippen LogP contribution in [0, 0.1) is 10.8 Å². The molecular formula is C40H40N6Pt. The van der Waals surface area contributed by atoms with Crippen molar-refractivity contribution in [1.82, 2.24) is 30.4 Å². The number of pyridine rings is 2. The molecule has 2 aromatic carbocycles. The van der Waals surface area contributed by atoms with E-state index in [1.165, 1.54) is 69.7 Å². The minimum Gasteiger partial charge on any atom is -0.573 e. The first-order valence-electron chi connectivity index (χ1n) is 16.8. The number of benzene rings is 2. The maximum atomic E-state index is 4.68. The van der Waals surface area contributed by atoms with Crippen molar-refractivity contribution in [2.75, 3.05) is 0 Å². The monoisotopic (exact) mass is 799 g/mol. The molecule has 4 heterocycles. The van der Waals surface area contributed by atoms with E-state index in [1.807, 2.05) is 24.5 Å². The van der Waals surface area contributed by atoms with E-state index in [4.69, 9.17) is 0 Å². The number of hydrogen-bond donors (Lipinski definition) is 0. The zero-order chi connectivity index (χ0) is 31.6. The maximum absolute atomic E-state index is 4.68. The van der Waals surface area contributed by atoms with E-state index < -0.39 is 0 Å². The van der Waals surface area contributed by atoms with Gasteiger partial charge in [0.05, 0.1) is 11.4 Å². The van der Waals surface area contributed by atoms with E-state index in [9.17, 15) is 0 Å². The van der Waals surface area contributed by atoms with Crippen LogP contribution in [-0.4, -0.2) is 20.2 Å². The van der Waals surface area contributed by atoms with E-state index in [2.05, 4.69) is 120 Å². The third-order valence-electron chi connectivity index (χ3n) is 13.5. The van der Waals surface area contributed by atoms with E-state index in [1.54, 1.807) is 0 Å². The molecule has 10 rings (SSSR count). The van der Waals surface area contributed by atoms with Crippen molar-refractivity contribution in [3.63, 3.8) is 0 Å². The molecule has 6 aromatic rings. The Labute approximate surface area is 290 Å². The van der Waals surface area contributed by atoms with Gasteiger partial charge in [0.15, 0.2) is 0 Å². The van der Waals surface area contributed by atoms with Crippen LogP contribution in [0.5, 0.6) is 0 Å². The third-order valence-corrected chi connectivity index (χ3v) is 13.5. The molecule has 6 nitrogen and oxygen atoms in total. The van der Waals surface area contributed by atoms with Crippen molar-refractivity contribution in [3.8, 4) is 22.8 Å². The fraction of sp³-hybridized carbons (Fsp3) is 0.400. The average Bonchev–Trinajstić information content (AvgIpc) is 3.85. The predicted octanol–water partition coefficient (Wildman–Crippen LogP) is 8.86. The molecule has 4 aliphatic carbocycles. The minimum absolute atomic E-state index is 0. The topological polar surface area (TPSA) is 79.8 Å². The van der Waals surface area contributed by atoms with Crippen molar-refractivity contribution >= 4 is 21.5 Å². The summed E-state index contributed by atoms with van der Waals surface area (Å²) in [5, 5.41) is 23.1. The van der Waals surface area contributed by atoms with Crippen molar-refractivity contribution in [1.29, 1.82) is 0 Å². The van der Waals surface area contributed by atoms with Crippen LogP contribution in [0.15, 0.2) is 73.1 Å². The summed E-state index contributed by atoms with van der Waals surface area (Å²) in [5.41, 5.74) is 9.97. The second kappa shape index (κ2) is 10.2. The van der Waals surface area contributed by atoms with Gasteiger partial charge in [-0.1, -0.05) is 101 Å². The van der Waals surface area contributed by atoms with Gasteiger partial charge in [0.25, 0.3) is 0 Å². The normalized spacial score (nSPS) is 26.9. The van der Waals surface area contributed by atoms with Gasteiger partial charge in [0, 0.05) is 45.4 Å². The number of rotatable bonds is 2. The summed E-state index contributed by atoms with van der Waals surface area (Å²) in [6, 6.07) is 21.0. The van der Waals surface area contributed by atoms with E-state index >= 15 is 0 Å². The fourth-order valence-electron chi connectivity index (χ4n) is 9.78. The number of fused-ring (bicyclic) bond motifs is 12. The van der Waals surface area contributed by atoms with Crippen LogP contribution in [0.25, 0.3) is 44.3 Å². The summed E-state index contributed by atoms with van der Waals surface area (Å²) in [4.78, 5) is 9.36. The third kappa shape index (κ3) is 3.94. The second-order valence-corrected chi connectivity index (χ2v) is 15.7. The minimum atomic E-state index is 0. The van der Waals surface area contributed by atoms with Crippen LogP contribution in [0.2, 0.25) is 0 Å². The van der Waals surface area contributed by atoms with Gasteiger partial charge in [-0.2, -0.15) is 0 Å². The van der Waals surface area contributed by atoms with Gasteiger partial charge in [-0.05, 0) is 82.4 Å². The van der Waals surface area contributed by atoms with E-state index in [0.717, 1.165) is 22.8 Å². The van der Waals surface area contributed by atoms with Crippen LogP contribution < -0.4 is 10.2 Å². The SMILES string of the molecule is CC12CCC(c3c1n[n-]c3-c1cc3ccccc3cn1)C2(C)C.CC12CCC(c3c1n[n-]c3-c1cc3ccccc3cn1)C2(C)C.[Pt+2]. The quantitative estimate of drug-likeness (QED) is 0.174. The van der Waals surface area contributed by atoms with Gasteiger partial charge >= 0.3 is 21.1 Å². The molecule has 0 spiro atoms. The summed E-state index contributed by atoms with van der Waals surface area (Å²) < 4.78 is 0. The molecule has 240 valence electrons. The zero-order valence-corrected chi connectivity index (χ0v) is 30.2. The summed E-state index contributed by atoms with van der Waals surface area (Å²) >= 11 is 0. The molecule has 4 aromatic heterocycles. The molecular weight excluding hydrogens is 760 g/mol. The van der Waals surface area contributed by atoms with E-state index in [-0.39, 0.29) is 42.7 Å². The molecule has 0 saturated heterocycles. The van der Waals surface area contributed by atoms with Gasteiger partial charge in [-0.25, -0.2) is 0 Å². The Morgan fingerprint density at radius 2 is 0.957 bits per heavy atom. The van der Waals surface area contributed by atoms with Crippen LogP contribution in [0.4, 0.5) is 0 Å². The Bertz CT molecular complexity index is 2040. The second-order valence-electron chi connectivity index (χ2n) is 15.7. The maximum Gasteiger partial charge on any atom is 2.00 e. The van der Waals surface area contributed by atoms with Crippen molar-refractivity contribution in [2.24, 2.45) is 10.8 Å². The van der Waals surface area contributed by atoms with Crippen LogP contribution in [-0.2, 0) is 31.9 Å². The molecule has 4 bridgehead atoms. The summed E-state index contributed by atoms with van der Waals surface area (Å²) in [7, 11) is 0. The Kier molecular flexibility index (Phi) is 6.65. The van der Waals surface area contributed by atoms with Gasteiger partial charge in [-0.15, -0.1) is 0 Å². The van der Waals surface area contributed by atoms with Crippen molar-refractivity contribution < 1.29 is 21.1 Å². The van der Waals surface area contributed by atoms with Gasteiger partial charge in [-0.3, -0.25) is 9.97 Å². The Morgan fingerprint density at radius 3 is 1.36 bits per heavy atom. The zero-order valence-electron chi connectivity index (χ0n) is 27.9. The number of hydrogen-bond acceptors (Lipinski definition) is 4. The number of nitrogens with zero attached hydrogens (tertiary/aromatic N) is 6. The van der Waals surface area contributed by atoms with Gasteiger partial charge in [0.1, 0.15) is 0 Å². The first-order valence-corrected chi connectivity index (χ1v) is 16.8. The first-order chi connectivity index (χ1) is 22.0. The standard InChI is InChI=1S/2C20H20N3.Pt/c2*1-19(2)14-8-9-20(19,3)18-16(14)17(22-23-18)15-10-12-6-4-5-7-13(12)11-21-15;/h2*4-7,10-11,14H,8-9H2,1-3H3;/q2*-1;+2. The number of aromatic nitrogens is 6. The van der Waals surface area contributed by atoms with Crippen molar-refractivity contribution in [2.45, 2.75) is 89.9 Å². The molecule has 0 N–H and O–H groups in total.